The highest BCUT2D eigenvalue weighted by Gasteiger charge is 2.17. The summed E-state index contributed by atoms with van der Waals surface area (Å²) in [6, 6.07) is 6.05. The van der Waals surface area contributed by atoms with Crippen molar-refractivity contribution in [2.24, 2.45) is 0 Å². The summed E-state index contributed by atoms with van der Waals surface area (Å²) in [4.78, 5) is 28.4. The Morgan fingerprint density at radius 3 is 2.73 bits per heavy atom. The van der Waals surface area contributed by atoms with Gasteiger partial charge in [-0.2, -0.15) is 0 Å². The molecule has 7 heteroatoms. The molecule has 26 heavy (non-hydrogen) atoms. The summed E-state index contributed by atoms with van der Waals surface area (Å²) in [6.07, 6.45) is 0.909. The van der Waals surface area contributed by atoms with E-state index in [-0.39, 0.29) is 5.91 Å². The van der Waals surface area contributed by atoms with Gasteiger partial charge in [-0.25, -0.2) is 9.78 Å². The molecule has 1 aromatic carbocycles. The van der Waals surface area contributed by atoms with Gasteiger partial charge in [0, 0.05) is 6.42 Å². The van der Waals surface area contributed by atoms with E-state index < -0.39 is 5.97 Å². The molecule has 0 aliphatic rings. The number of aromatic nitrogens is 1. The molecular formula is C19H24N2O4S. The van der Waals surface area contributed by atoms with Crippen molar-refractivity contribution in [1.82, 2.24) is 4.98 Å². The fraction of sp³-hybridized carbons (Fsp3) is 0.421. The number of aryl methyl sites for hydroxylation is 3. The summed E-state index contributed by atoms with van der Waals surface area (Å²) in [7, 11) is 0. The van der Waals surface area contributed by atoms with Gasteiger partial charge in [0.05, 0.1) is 18.9 Å². The zero-order valence-corrected chi connectivity index (χ0v) is 16.4. The van der Waals surface area contributed by atoms with Crippen LogP contribution < -0.4 is 10.1 Å². The molecule has 0 fully saturated rings. The highest BCUT2D eigenvalue weighted by atomic mass is 32.1. The lowest BCUT2D eigenvalue weighted by Crippen LogP contribution is -2.12. The second kappa shape index (κ2) is 9.33. The topological polar surface area (TPSA) is 77.5 Å². The molecule has 6 nitrogen and oxygen atoms in total. The van der Waals surface area contributed by atoms with E-state index >= 15 is 0 Å². The van der Waals surface area contributed by atoms with Crippen LogP contribution in [0.2, 0.25) is 0 Å². The van der Waals surface area contributed by atoms with Crippen LogP contribution in [0.15, 0.2) is 18.2 Å². The SMILES string of the molecule is CCOC(=O)c1sc(NC(=O)CCCOc2cc(C)ccc2C)nc1C. The van der Waals surface area contributed by atoms with Crippen LogP contribution in [0.1, 0.15) is 46.3 Å². The first-order chi connectivity index (χ1) is 12.4. The van der Waals surface area contributed by atoms with Crippen molar-refractivity contribution in [2.45, 2.75) is 40.5 Å². The first-order valence-electron chi connectivity index (χ1n) is 8.55. The Morgan fingerprint density at radius 1 is 1.23 bits per heavy atom. The van der Waals surface area contributed by atoms with Crippen LogP contribution in [0, 0.1) is 20.8 Å². The van der Waals surface area contributed by atoms with Gasteiger partial charge in [0.1, 0.15) is 10.6 Å². The maximum Gasteiger partial charge on any atom is 0.350 e. The predicted molar refractivity (Wildman–Crippen MR) is 102 cm³/mol. The molecule has 0 atom stereocenters. The number of amides is 1. The molecular weight excluding hydrogens is 352 g/mol. The van der Waals surface area contributed by atoms with E-state index in [2.05, 4.69) is 10.3 Å². The van der Waals surface area contributed by atoms with E-state index in [0.717, 1.165) is 28.2 Å². The Kier molecular flexibility index (Phi) is 7.15. The Hall–Kier alpha value is -2.41. The number of carbonyl (C=O) groups excluding carboxylic acids is 2. The Bertz CT molecular complexity index is 786. The highest BCUT2D eigenvalue weighted by Crippen LogP contribution is 2.24. The minimum atomic E-state index is -0.412. The minimum absolute atomic E-state index is 0.154. The number of hydrogen-bond donors (Lipinski definition) is 1. The summed E-state index contributed by atoms with van der Waals surface area (Å²) in [5.74, 6) is 0.281. The average Bonchev–Trinajstić information content (AvgIpc) is 2.95. The van der Waals surface area contributed by atoms with Gasteiger partial charge >= 0.3 is 5.97 Å². The highest BCUT2D eigenvalue weighted by molar-refractivity contribution is 7.17. The number of ether oxygens (including phenoxy) is 2. The van der Waals surface area contributed by atoms with Gasteiger partial charge in [0.25, 0.3) is 0 Å². The summed E-state index contributed by atoms with van der Waals surface area (Å²) in [6.45, 7) is 8.24. The zero-order valence-electron chi connectivity index (χ0n) is 15.5. The van der Waals surface area contributed by atoms with Crippen LogP contribution in [-0.4, -0.2) is 30.1 Å². The van der Waals surface area contributed by atoms with E-state index in [9.17, 15) is 9.59 Å². The van der Waals surface area contributed by atoms with Crippen LogP contribution in [0.25, 0.3) is 0 Å². The number of esters is 1. The number of carbonyl (C=O) groups is 2. The largest absolute Gasteiger partial charge is 0.493 e. The first kappa shape index (κ1) is 19.9. The van der Waals surface area contributed by atoms with Crippen molar-refractivity contribution >= 4 is 28.3 Å². The van der Waals surface area contributed by atoms with Crippen LogP contribution in [0.5, 0.6) is 5.75 Å². The number of hydrogen-bond acceptors (Lipinski definition) is 6. The normalized spacial score (nSPS) is 10.5. The number of nitrogens with zero attached hydrogens (tertiary/aromatic N) is 1. The molecule has 0 bridgehead atoms. The van der Waals surface area contributed by atoms with Crippen molar-refractivity contribution in [3.63, 3.8) is 0 Å². The summed E-state index contributed by atoms with van der Waals surface area (Å²) in [5.41, 5.74) is 2.77. The molecule has 1 heterocycles. The maximum absolute atomic E-state index is 12.0. The molecule has 2 rings (SSSR count). The monoisotopic (exact) mass is 376 g/mol. The van der Waals surface area contributed by atoms with Crippen LogP contribution in [0.3, 0.4) is 0 Å². The third-order valence-corrected chi connectivity index (χ3v) is 4.71. The molecule has 0 unspecified atom stereocenters. The summed E-state index contributed by atoms with van der Waals surface area (Å²) in [5, 5.41) is 3.13. The molecule has 1 amide bonds. The number of rotatable bonds is 8. The third kappa shape index (κ3) is 5.56. The second-order valence-corrected chi connectivity index (χ2v) is 6.92. The minimum Gasteiger partial charge on any atom is -0.493 e. The lowest BCUT2D eigenvalue weighted by atomic mass is 10.1. The molecule has 0 saturated carbocycles. The molecule has 0 aliphatic carbocycles. The summed E-state index contributed by atoms with van der Waals surface area (Å²) < 4.78 is 10.7. The zero-order chi connectivity index (χ0) is 19.1. The van der Waals surface area contributed by atoms with Crippen LogP contribution >= 0.6 is 11.3 Å². The predicted octanol–water partition coefficient (Wildman–Crippen LogP) is 4.04. The molecule has 2 aromatic rings. The molecule has 0 radical (unpaired) electrons. The van der Waals surface area contributed by atoms with E-state index in [0.29, 0.717) is 41.8 Å². The van der Waals surface area contributed by atoms with E-state index in [1.54, 1.807) is 13.8 Å². The lowest BCUT2D eigenvalue weighted by molar-refractivity contribution is -0.116. The molecule has 1 N–H and O–H groups in total. The lowest BCUT2D eigenvalue weighted by Gasteiger charge is -2.09. The van der Waals surface area contributed by atoms with Gasteiger partial charge in [0.2, 0.25) is 5.91 Å². The van der Waals surface area contributed by atoms with Crippen LogP contribution in [0.4, 0.5) is 5.13 Å². The number of nitrogens with one attached hydrogen (secondary N) is 1. The van der Waals surface area contributed by atoms with Crippen molar-refractivity contribution < 1.29 is 19.1 Å². The molecule has 0 saturated heterocycles. The second-order valence-electron chi connectivity index (χ2n) is 5.92. The number of thiazole rings is 1. The molecule has 0 spiro atoms. The van der Waals surface area contributed by atoms with E-state index in [1.165, 1.54) is 0 Å². The van der Waals surface area contributed by atoms with Gasteiger partial charge in [-0.15, -0.1) is 0 Å². The van der Waals surface area contributed by atoms with Gasteiger partial charge in [-0.05, 0) is 51.3 Å². The van der Waals surface area contributed by atoms with Gasteiger partial charge in [0.15, 0.2) is 5.13 Å². The number of anilines is 1. The number of benzene rings is 1. The van der Waals surface area contributed by atoms with Crippen LogP contribution in [-0.2, 0) is 9.53 Å². The fourth-order valence-electron chi connectivity index (χ4n) is 2.30. The van der Waals surface area contributed by atoms with Crippen molar-refractivity contribution in [1.29, 1.82) is 0 Å². The van der Waals surface area contributed by atoms with Gasteiger partial charge in [-0.3, -0.25) is 4.79 Å². The summed E-state index contributed by atoms with van der Waals surface area (Å²) >= 11 is 1.13. The van der Waals surface area contributed by atoms with Crippen molar-refractivity contribution in [3.05, 3.63) is 39.9 Å². The first-order valence-corrected chi connectivity index (χ1v) is 9.36. The Labute approximate surface area is 157 Å². The third-order valence-electron chi connectivity index (χ3n) is 3.65. The van der Waals surface area contributed by atoms with Crippen molar-refractivity contribution in [3.8, 4) is 5.75 Å². The quantitative estimate of drug-likeness (QED) is 0.556. The molecule has 0 aliphatic heterocycles. The molecule has 1 aromatic heterocycles. The Morgan fingerprint density at radius 2 is 2.00 bits per heavy atom. The molecule has 140 valence electrons. The van der Waals surface area contributed by atoms with Gasteiger partial charge in [-0.1, -0.05) is 23.5 Å². The standard InChI is InChI=1S/C19H24N2O4S/c1-5-24-18(23)17-14(4)20-19(26-17)21-16(22)7-6-10-25-15-11-12(2)8-9-13(15)3/h8-9,11H,5-7,10H2,1-4H3,(H,20,21,22). The average molecular weight is 376 g/mol. The van der Waals surface area contributed by atoms with E-state index in [4.69, 9.17) is 9.47 Å². The van der Waals surface area contributed by atoms with E-state index in [1.807, 2.05) is 32.0 Å². The Balaban J connectivity index is 1.79. The van der Waals surface area contributed by atoms with Gasteiger partial charge < -0.3 is 14.8 Å². The maximum atomic E-state index is 12.0. The van der Waals surface area contributed by atoms with Crippen molar-refractivity contribution in [2.75, 3.05) is 18.5 Å². The smallest absolute Gasteiger partial charge is 0.350 e. The fourth-order valence-corrected chi connectivity index (χ4v) is 3.17.